The summed E-state index contributed by atoms with van der Waals surface area (Å²) >= 11 is 0. The second kappa shape index (κ2) is 4.83. The van der Waals surface area contributed by atoms with Gasteiger partial charge in [0.05, 0.1) is 12.7 Å². The maximum absolute atomic E-state index is 12.1. The molecule has 0 aliphatic heterocycles. The second-order valence-corrected chi connectivity index (χ2v) is 4.07. The molecule has 1 aromatic heterocycles. The van der Waals surface area contributed by atoms with Crippen molar-refractivity contribution in [3.63, 3.8) is 0 Å². The van der Waals surface area contributed by atoms with Crippen molar-refractivity contribution in [2.75, 3.05) is 5.73 Å². The van der Waals surface area contributed by atoms with E-state index in [9.17, 15) is 13.2 Å². The summed E-state index contributed by atoms with van der Waals surface area (Å²) in [5.74, 6) is 0.231. The number of aromatic nitrogens is 2. The average Bonchev–Trinajstić information content (AvgIpc) is 2.59. The van der Waals surface area contributed by atoms with Crippen molar-refractivity contribution in [1.29, 1.82) is 0 Å². The average molecular weight is 271 g/mol. The quantitative estimate of drug-likeness (QED) is 0.933. The molecule has 2 aromatic rings. The van der Waals surface area contributed by atoms with E-state index >= 15 is 0 Å². The van der Waals surface area contributed by atoms with Gasteiger partial charge in [-0.05, 0) is 24.6 Å². The number of hydrogen-bond acceptors (Lipinski definition) is 3. The van der Waals surface area contributed by atoms with Gasteiger partial charge in [-0.25, -0.2) is 4.68 Å². The molecule has 0 bridgehead atoms. The second-order valence-electron chi connectivity index (χ2n) is 4.07. The molecule has 0 radical (unpaired) electrons. The first-order chi connectivity index (χ1) is 8.85. The van der Waals surface area contributed by atoms with Gasteiger partial charge in [0.1, 0.15) is 11.6 Å². The van der Waals surface area contributed by atoms with Crippen LogP contribution in [0.1, 0.15) is 11.1 Å². The van der Waals surface area contributed by atoms with Crippen LogP contribution in [0.3, 0.4) is 0 Å². The molecule has 0 aliphatic rings. The Morgan fingerprint density at radius 3 is 2.68 bits per heavy atom. The molecule has 0 saturated carbocycles. The van der Waals surface area contributed by atoms with E-state index in [1.807, 2.05) is 6.92 Å². The molecular weight excluding hydrogens is 259 g/mol. The van der Waals surface area contributed by atoms with Gasteiger partial charge in [-0.1, -0.05) is 12.1 Å². The normalized spacial score (nSPS) is 11.6. The van der Waals surface area contributed by atoms with Gasteiger partial charge in [-0.3, -0.25) is 0 Å². The summed E-state index contributed by atoms with van der Waals surface area (Å²) in [5, 5.41) is 4.04. The molecule has 2 rings (SSSR count). The molecule has 0 fully saturated rings. The molecule has 1 heterocycles. The molecule has 1 aromatic carbocycles. The Balaban J connectivity index is 2.17. The number of anilines is 1. The smallest absolute Gasteiger partial charge is 0.406 e. The summed E-state index contributed by atoms with van der Waals surface area (Å²) in [4.78, 5) is 0. The molecule has 0 unspecified atom stereocenters. The van der Waals surface area contributed by atoms with Crippen LogP contribution in [-0.2, 0) is 6.54 Å². The van der Waals surface area contributed by atoms with Gasteiger partial charge >= 0.3 is 6.36 Å². The number of halogens is 3. The van der Waals surface area contributed by atoms with Crippen molar-refractivity contribution >= 4 is 5.82 Å². The zero-order valence-electron chi connectivity index (χ0n) is 10.1. The van der Waals surface area contributed by atoms with Crippen molar-refractivity contribution < 1.29 is 17.9 Å². The van der Waals surface area contributed by atoms with Crippen LogP contribution in [0.15, 0.2) is 30.5 Å². The molecule has 102 valence electrons. The highest BCUT2D eigenvalue weighted by atomic mass is 19.4. The molecule has 7 heteroatoms. The van der Waals surface area contributed by atoms with Crippen molar-refractivity contribution in [3.05, 3.63) is 41.6 Å². The van der Waals surface area contributed by atoms with Gasteiger partial charge in [0.2, 0.25) is 0 Å². The fraction of sp³-hybridized carbons (Fsp3) is 0.250. The van der Waals surface area contributed by atoms with Gasteiger partial charge in [-0.2, -0.15) is 5.10 Å². The Morgan fingerprint density at radius 1 is 1.37 bits per heavy atom. The number of hydrogen-bond donors (Lipinski definition) is 1. The van der Waals surface area contributed by atoms with Gasteiger partial charge < -0.3 is 10.5 Å². The highest BCUT2D eigenvalue weighted by molar-refractivity contribution is 5.38. The summed E-state index contributed by atoms with van der Waals surface area (Å²) in [6.07, 6.45) is -3.09. The minimum atomic E-state index is -4.69. The fourth-order valence-corrected chi connectivity index (χ4v) is 1.63. The van der Waals surface area contributed by atoms with Crippen LogP contribution in [0.4, 0.5) is 19.0 Å². The first-order valence-electron chi connectivity index (χ1n) is 5.48. The molecule has 0 atom stereocenters. The Hall–Kier alpha value is -2.18. The molecule has 4 nitrogen and oxygen atoms in total. The summed E-state index contributed by atoms with van der Waals surface area (Å²) in [5.41, 5.74) is 7.22. The van der Waals surface area contributed by atoms with Crippen LogP contribution >= 0.6 is 0 Å². The van der Waals surface area contributed by atoms with Crippen LogP contribution in [0.25, 0.3) is 0 Å². The maximum Gasteiger partial charge on any atom is 0.573 e. The van der Waals surface area contributed by atoms with E-state index in [0.717, 1.165) is 5.56 Å². The summed E-state index contributed by atoms with van der Waals surface area (Å²) in [7, 11) is 0. The van der Waals surface area contributed by atoms with E-state index in [1.165, 1.54) is 22.9 Å². The van der Waals surface area contributed by atoms with Crippen molar-refractivity contribution in [1.82, 2.24) is 9.78 Å². The third-order valence-electron chi connectivity index (χ3n) is 2.54. The first-order valence-corrected chi connectivity index (χ1v) is 5.48. The van der Waals surface area contributed by atoms with Crippen molar-refractivity contribution in [2.45, 2.75) is 19.8 Å². The number of nitrogen functional groups attached to an aromatic ring is 1. The third-order valence-corrected chi connectivity index (χ3v) is 2.54. The number of benzene rings is 1. The number of alkyl halides is 3. The van der Waals surface area contributed by atoms with E-state index in [1.54, 1.807) is 12.3 Å². The van der Waals surface area contributed by atoms with Gasteiger partial charge in [-0.15, -0.1) is 13.2 Å². The van der Waals surface area contributed by atoms with Crippen LogP contribution < -0.4 is 10.5 Å². The van der Waals surface area contributed by atoms with Gasteiger partial charge in [0, 0.05) is 5.56 Å². The highest BCUT2D eigenvalue weighted by Crippen LogP contribution is 2.24. The lowest BCUT2D eigenvalue weighted by molar-refractivity contribution is -0.274. The van der Waals surface area contributed by atoms with E-state index in [-0.39, 0.29) is 12.3 Å². The summed E-state index contributed by atoms with van der Waals surface area (Å²) in [6.45, 7) is 2.09. The molecule has 0 saturated heterocycles. The van der Waals surface area contributed by atoms with Crippen molar-refractivity contribution in [3.8, 4) is 5.75 Å². The molecular formula is C12H12F3N3O. The Kier molecular flexibility index (Phi) is 3.37. The topological polar surface area (TPSA) is 53.1 Å². The highest BCUT2D eigenvalue weighted by Gasteiger charge is 2.31. The lowest BCUT2D eigenvalue weighted by Gasteiger charge is -2.10. The van der Waals surface area contributed by atoms with Crippen LogP contribution in [-0.4, -0.2) is 16.1 Å². The monoisotopic (exact) mass is 271 g/mol. The first kappa shape index (κ1) is 13.3. The van der Waals surface area contributed by atoms with E-state index in [2.05, 4.69) is 9.84 Å². The van der Waals surface area contributed by atoms with Crippen LogP contribution in [0.2, 0.25) is 0 Å². The predicted molar refractivity (Wildman–Crippen MR) is 63.6 cm³/mol. The molecule has 0 aliphatic carbocycles. The summed E-state index contributed by atoms with van der Waals surface area (Å²) < 4.78 is 41.7. The summed E-state index contributed by atoms with van der Waals surface area (Å²) in [6, 6.07) is 5.72. The lowest BCUT2D eigenvalue weighted by Crippen LogP contribution is -2.17. The molecule has 0 amide bonds. The Labute approximate surface area is 107 Å². The number of rotatable bonds is 3. The van der Waals surface area contributed by atoms with E-state index < -0.39 is 6.36 Å². The number of ether oxygens (including phenoxy) is 1. The largest absolute Gasteiger partial charge is 0.573 e. The molecule has 19 heavy (non-hydrogen) atoms. The van der Waals surface area contributed by atoms with Crippen molar-refractivity contribution in [2.24, 2.45) is 0 Å². The van der Waals surface area contributed by atoms with E-state index in [4.69, 9.17) is 5.73 Å². The SMILES string of the molecule is Cc1cnn(Cc2cccc(OC(F)(F)F)c2)c1N. The number of nitrogens with two attached hydrogens (primary N) is 1. The zero-order valence-corrected chi connectivity index (χ0v) is 10.1. The minimum Gasteiger partial charge on any atom is -0.406 e. The number of nitrogens with zero attached hydrogens (tertiary/aromatic N) is 2. The van der Waals surface area contributed by atoms with Crippen LogP contribution in [0.5, 0.6) is 5.75 Å². The Morgan fingerprint density at radius 2 is 2.11 bits per heavy atom. The lowest BCUT2D eigenvalue weighted by atomic mass is 10.2. The predicted octanol–water partition coefficient (Wildman–Crippen LogP) is 2.72. The van der Waals surface area contributed by atoms with Crippen LogP contribution in [0, 0.1) is 6.92 Å². The van der Waals surface area contributed by atoms with Gasteiger partial charge in [0.25, 0.3) is 0 Å². The molecule has 0 spiro atoms. The Bertz CT molecular complexity index is 578. The van der Waals surface area contributed by atoms with Gasteiger partial charge in [0.15, 0.2) is 0 Å². The minimum absolute atomic E-state index is 0.257. The third kappa shape index (κ3) is 3.40. The van der Waals surface area contributed by atoms with E-state index in [0.29, 0.717) is 11.4 Å². The zero-order chi connectivity index (χ0) is 14.0. The number of aryl methyl sites for hydroxylation is 1. The maximum atomic E-state index is 12.1. The fourth-order valence-electron chi connectivity index (χ4n) is 1.63. The standard InChI is InChI=1S/C12H12F3N3O/c1-8-6-17-18(11(8)16)7-9-3-2-4-10(5-9)19-12(13,14)15/h2-6H,7,16H2,1H3. The molecule has 2 N–H and O–H groups in total.